The Balaban J connectivity index is 2.96. The molecular weight excluding hydrogens is 212 g/mol. The zero-order valence-electron chi connectivity index (χ0n) is 8.52. The second-order valence-electron chi connectivity index (χ2n) is 3.44. The Hall–Kier alpha value is -1.40. The van der Waals surface area contributed by atoms with Gasteiger partial charge in [-0.15, -0.1) is 0 Å². The van der Waals surface area contributed by atoms with Gasteiger partial charge in [0.2, 0.25) is 5.96 Å². The van der Waals surface area contributed by atoms with Crippen molar-refractivity contribution in [3.05, 3.63) is 33.6 Å². The molecule has 0 amide bonds. The van der Waals surface area contributed by atoms with E-state index in [0.29, 0.717) is 9.87 Å². The molecule has 1 aromatic rings. The van der Waals surface area contributed by atoms with Gasteiger partial charge in [0.1, 0.15) is 0 Å². The lowest BCUT2D eigenvalue weighted by atomic mass is 10.2. The third-order valence-corrected chi connectivity index (χ3v) is 3.82. The van der Waals surface area contributed by atoms with Crippen LogP contribution >= 0.6 is 0 Å². The molecule has 6 heteroatoms. The minimum atomic E-state index is -2.42. The summed E-state index contributed by atoms with van der Waals surface area (Å²) in [6.45, 7) is 1.95. The number of hydrazine groups is 1. The van der Waals surface area contributed by atoms with E-state index in [2.05, 4.69) is 14.8 Å². The highest BCUT2D eigenvalue weighted by Gasteiger charge is 2.08. The van der Waals surface area contributed by atoms with E-state index in [1.807, 2.05) is 19.1 Å². The van der Waals surface area contributed by atoms with Gasteiger partial charge in [0, 0.05) is 6.26 Å². The molecule has 0 bridgehead atoms. The molecule has 0 radical (unpaired) electrons. The first kappa shape index (κ1) is 10.1. The summed E-state index contributed by atoms with van der Waals surface area (Å²) in [5.41, 5.74) is 3.39. The summed E-state index contributed by atoms with van der Waals surface area (Å²) < 4.78 is 16.8. The van der Waals surface area contributed by atoms with Crippen LogP contribution in [-0.2, 0) is 9.71 Å². The lowest BCUT2D eigenvalue weighted by molar-refractivity contribution is 0.683. The largest absolute Gasteiger partial charge is 0.292 e. The number of nitrogens with one attached hydrogen (secondary N) is 1. The molecule has 0 aromatic heterocycles. The van der Waals surface area contributed by atoms with Crippen molar-refractivity contribution in [1.82, 2.24) is 5.43 Å². The highest BCUT2D eigenvalue weighted by molar-refractivity contribution is 7.93. The van der Waals surface area contributed by atoms with Crippen LogP contribution in [0.1, 0.15) is 5.56 Å². The molecule has 1 aliphatic heterocycles. The van der Waals surface area contributed by atoms with Crippen molar-refractivity contribution >= 4 is 15.7 Å². The average Bonchev–Trinajstić information content (AvgIpc) is 2.15. The molecule has 80 valence electrons. The predicted octanol–water partition coefficient (Wildman–Crippen LogP) is -0.472. The Morgan fingerprint density at radius 3 is 2.87 bits per heavy atom. The Morgan fingerprint density at radius 1 is 1.47 bits per heavy atom. The summed E-state index contributed by atoms with van der Waals surface area (Å²) >= 11 is 0. The Bertz CT molecular complexity index is 641. The van der Waals surface area contributed by atoms with Gasteiger partial charge < -0.3 is 0 Å². The predicted molar refractivity (Wildman–Crippen MR) is 60.0 cm³/mol. The van der Waals surface area contributed by atoms with E-state index < -0.39 is 9.71 Å². The number of hydrogen-bond acceptors (Lipinski definition) is 4. The van der Waals surface area contributed by atoms with Gasteiger partial charge in [0.15, 0.2) is 0 Å². The summed E-state index contributed by atoms with van der Waals surface area (Å²) in [6, 6.07) is 5.56. The molecule has 0 fully saturated rings. The first-order valence-corrected chi connectivity index (χ1v) is 6.33. The summed E-state index contributed by atoms with van der Waals surface area (Å²) in [6.07, 6.45) is 1.58. The molecule has 15 heavy (non-hydrogen) atoms. The maximum absolute atomic E-state index is 12.2. The van der Waals surface area contributed by atoms with Crippen molar-refractivity contribution in [3.8, 4) is 0 Å². The third-order valence-electron chi connectivity index (χ3n) is 2.14. The lowest BCUT2D eigenvalue weighted by Crippen LogP contribution is -2.33. The maximum atomic E-state index is 12.2. The van der Waals surface area contributed by atoms with E-state index in [0.717, 1.165) is 5.56 Å². The zero-order chi connectivity index (χ0) is 11.1. The number of hydrogen-bond donors (Lipinski definition) is 2. The second kappa shape index (κ2) is 3.32. The SMILES string of the molecule is Cc1ccc2c(c1)=NC(NN)=NS=2(C)=O. The number of benzene rings is 1. The summed E-state index contributed by atoms with van der Waals surface area (Å²) in [5.74, 6) is 5.43. The fourth-order valence-electron chi connectivity index (χ4n) is 1.44. The standard InChI is InChI=1S/C9H12N4OS/c1-6-3-4-8-7(5-6)11-9(12-10)13-15(8,2)14/h3-5H,10H2,1-2H3,(H,11,12,13,14). The lowest BCUT2D eigenvalue weighted by Gasteiger charge is -2.07. The minimum absolute atomic E-state index is 0.209. The molecule has 0 saturated carbocycles. The van der Waals surface area contributed by atoms with Crippen LogP contribution in [0.15, 0.2) is 27.6 Å². The van der Waals surface area contributed by atoms with Crippen LogP contribution in [0.4, 0.5) is 0 Å². The molecule has 0 spiro atoms. The summed E-state index contributed by atoms with van der Waals surface area (Å²) in [7, 11) is -2.42. The zero-order valence-corrected chi connectivity index (χ0v) is 9.34. The van der Waals surface area contributed by atoms with Crippen LogP contribution < -0.4 is 16.6 Å². The van der Waals surface area contributed by atoms with Gasteiger partial charge in [-0.1, -0.05) is 6.07 Å². The topological polar surface area (TPSA) is 79.8 Å². The Kier molecular flexibility index (Phi) is 2.24. The van der Waals surface area contributed by atoms with E-state index in [1.54, 1.807) is 12.3 Å². The molecule has 5 nitrogen and oxygen atoms in total. The average molecular weight is 224 g/mol. The van der Waals surface area contributed by atoms with Crippen LogP contribution in [0.3, 0.4) is 0 Å². The molecular formula is C9H12N4OS. The van der Waals surface area contributed by atoms with E-state index in [1.165, 1.54) is 0 Å². The van der Waals surface area contributed by atoms with Crippen molar-refractivity contribution < 1.29 is 4.21 Å². The third kappa shape index (κ3) is 1.73. The van der Waals surface area contributed by atoms with Gasteiger partial charge in [0.25, 0.3) is 0 Å². The number of guanidine groups is 1. The normalized spacial score (nSPS) is 23.8. The fourth-order valence-corrected chi connectivity index (χ4v) is 2.78. The highest BCUT2D eigenvalue weighted by atomic mass is 32.2. The van der Waals surface area contributed by atoms with Gasteiger partial charge in [-0.3, -0.25) is 5.43 Å². The minimum Gasteiger partial charge on any atom is -0.292 e. The summed E-state index contributed by atoms with van der Waals surface area (Å²) in [5, 5.41) is 0.672. The summed E-state index contributed by atoms with van der Waals surface area (Å²) in [4.78, 5) is 4.16. The quantitative estimate of drug-likeness (QED) is 0.355. The molecule has 1 aromatic carbocycles. The molecule has 1 heterocycles. The van der Waals surface area contributed by atoms with Crippen LogP contribution in [0.2, 0.25) is 0 Å². The van der Waals surface area contributed by atoms with E-state index >= 15 is 0 Å². The van der Waals surface area contributed by atoms with Crippen molar-refractivity contribution in [2.24, 2.45) is 15.2 Å². The molecule has 2 rings (SSSR count). The van der Waals surface area contributed by atoms with E-state index in [-0.39, 0.29) is 5.96 Å². The van der Waals surface area contributed by atoms with Crippen LogP contribution in [0.5, 0.6) is 0 Å². The molecule has 1 atom stereocenters. The van der Waals surface area contributed by atoms with Crippen molar-refractivity contribution in [3.63, 3.8) is 0 Å². The van der Waals surface area contributed by atoms with E-state index in [4.69, 9.17) is 5.84 Å². The number of nitrogens with zero attached hydrogens (tertiary/aromatic N) is 2. The van der Waals surface area contributed by atoms with Crippen molar-refractivity contribution in [1.29, 1.82) is 0 Å². The molecule has 1 aliphatic rings. The van der Waals surface area contributed by atoms with Gasteiger partial charge in [-0.05, 0) is 24.6 Å². The monoisotopic (exact) mass is 224 g/mol. The van der Waals surface area contributed by atoms with Crippen LogP contribution in [-0.4, -0.2) is 16.4 Å². The van der Waals surface area contributed by atoms with Gasteiger partial charge in [-0.25, -0.2) is 15.0 Å². The second-order valence-corrected chi connectivity index (χ2v) is 5.67. The molecule has 0 saturated heterocycles. The van der Waals surface area contributed by atoms with Crippen LogP contribution in [0.25, 0.3) is 0 Å². The van der Waals surface area contributed by atoms with Crippen molar-refractivity contribution in [2.45, 2.75) is 6.92 Å². The van der Waals surface area contributed by atoms with Gasteiger partial charge >= 0.3 is 0 Å². The Morgan fingerprint density at radius 2 is 2.20 bits per heavy atom. The maximum Gasteiger partial charge on any atom is 0.246 e. The number of nitrogens with two attached hydrogens (primary N) is 1. The van der Waals surface area contributed by atoms with E-state index in [9.17, 15) is 4.21 Å². The van der Waals surface area contributed by atoms with Crippen molar-refractivity contribution in [2.75, 3.05) is 6.26 Å². The molecule has 3 N–H and O–H groups in total. The highest BCUT2D eigenvalue weighted by Crippen LogP contribution is 2.02. The first-order chi connectivity index (χ1) is 7.03. The number of fused-ring (bicyclic) bond motifs is 1. The number of rotatable bonds is 0. The fraction of sp³-hybridized carbons (Fsp3) is 0.222. The first-order valence-electron chi connectivity index (χ1n) is 4.41. The van der Waals surface area contributed by atoms with Gasteiger partial charge in [-0.2, -0.15) is 4.40 Å². The van der Waals surface area contributed by atoms with Gasteiger partial charge in [0.05, 0.1) is 19.6 Å². The molecule has 1 unspecified atom stereocenters. The smallest absolute Gasteiger partial charge is 0.246 e. The number of aryl methyl sites for hydroxylation is 1. The molecule has 0 aliphatic carbocycles. The Labute approximate surface area is 87.9 Å². The van der Waals surface area contributed by atoms with Crippen LogP contribution in [0, 0.1) is 11.4 Å².